The lowest BCUT2D eigenvalue weighted by atomic mass is 10.2. The molecule has 1 aliphatic heterocycles. The number of amides is 1. The minimum atomic E-state index is -0.158. The van der Waals surface area contributed by atoms with E-state index < -0.39 is 0 Å². The Labute approximate surface area is 115 Å². The summed E-state index contributed by atoms with van der Waals surface area (Å²) in [6.07, 6.45) is 1.64. The second-order valence-electron chi connectivity index (χ2n) is 4.11. The van der Waals surface area contributed by atoms with Crippen LogP contribution < -0.4 is 9.64 Å². The van der Waals surface area contributed by atoms with Crippen molar-refractivity contribution in [3.8, 4) is 5.75 Å². The van der Waals surface area contributed by atoms with Gasteiger partial charge in [-0.3, -0.25) is 9.69 Å². The predicted molar refractivity (Wildman–Crippen MR) is 72.9 cm³/mol. The molecule has 0 fully saturated rings. The highest BCUT2D eigenvalue weighted by Crippen LogP contribution is 2.30. The maximum atomic E-state index is 12.5. The number of hydrogen-bond acceptors (Lipinski definition) is 3. The maximum Gasteiger partial charge on any atom is 0.261 e. The molecule has 1 aromatic carbocycles. The number of hydrogen-bond donors (Lipinski definition) is 0. The van der Waals surface area contributed by atoms with Crippen LogP contribution in [0.15, 0.2) is 42.6 Å². The topological polar surface area (TPSA) is 42.4 Å². The molecule has 0 unspecified atom stereocenters. The lowest BCUT2D eigenvalue weighted by molar-refractivity contribution is 0.0975. The second-order valence-corrected chi connectivity index (χ2v) is 4.52. The monoisotopic (exact) mass is 274 g/mol. The minimum Gasteiger partial charge on any atom is -0.488 e. The van der Waals surface area contributed by atoms with Crippen LogP contribution in [0.5, 0.6) is 5.75 Å². The number of fused-ring (bicyclic) bond motifs is 1. The number of halogens is 1. The van der Waals surface area contributed by atoms with E-state index in [2.05, 4.69) is 4.98 Å². The van der Waals surface area contributed by atoms with Gasteiger partial charge in [0.05, 0.1) is 17.1 Å². The third-order valence-electron chi connectivity index (χ3n) is 2.93. The molecule has 1 aliphatic rings. The minimum absolute atomic E-state index is 0.158. The number of nitrogens with zero attached hydrogens (tertiary/aromatic N) is 2. The van der Waals surface area contributed by atoms with E-state index in [0.29, 0.717) is 35.3 Å². The van der Waals surface area contributed by atoms with Crippen LogP contribution in [0, 0.1) is 0 Å². The van der Waals surface area contributed by atoms with E-state index >= 15 is 0 Å². The molecular weight excluding hydrogens is 264 g/mol. The van der Waals surface area contributed by atoms with Crippen molar-refractivity contribution in [3.63, 3.8) is 0 Å². The van der Waals surface area contributed by atoms with Crippen LogP contribution in [0.1, 0.15) is 10.4 Å². The van der Waals surface area contributed by atoms with E-state index in [0.717, 1.165) is 0 Å². The molecule has 4 nitrogen and oxygen atoms in total. The van der Waals surface area contributed by atoms with Crippen LogP contribution in [0.2, 0.25) is 5.02 Å². The molecule has 5 heteroatoms. The van der Waals surface area contributed by atoms with Gasteiger partial charge in [-0.25, -0.2) is 4.98 Å². The Balaban J connectivity index is 2.00. The fraction of sp³-hybridized carbons (Fsp3) is 0.143. The summed E-state index contributed by atoms with van der Waals surface area (Å²) < 4.78 is 5.48. The molecule has 0 radical (unpaired) electrons. The first kappa shape index (κ1) is 12.0. The van der Waals surface area contributed by atoms with Crippen LogP contribution >= 0.6 is 11.6 Å². The molecule has 2 heterocycles. The summed E-state index contributed by atoms with van der Waals surface area (Å²) >= 11 is 6.07. The summed E-state index contributed by atoms with van der Waals surface area (Å²) in [6.45, 7) is 0.920. The number of ether oxygens (including phenoxy) is 1. The van der Waals surface area contributed by atoms with Gasteiger partial charge in [0, 0.05) is 6.20 Å². The molecule has 0 bridgehead atoms. The molecular formula is C14H11ClN2O2. The standard InChI is InChI=1S/C14H11ClN2O2/c15-11-5-2-1-4-10(11)14(18)17-8-9-19-12-6-3-7-16-13(12)17/h1-7H,8-9H2. The molecule has 96 valence electrons. The molecule has 0 aliphatic carbocycles. The zero-order valence-electron chi connectivity index (χ0n) is 10.0. The molecule has 0 saturated heterocycles. The van der Waals surface area contributed by atoms with Crippen molar-refractivity contribution < 1.29 is 9.53 Å². The molecule has 0 N–H and O–H groups in total. The number of carbonyl (C=O) groups excluding carboxylic acids is 1. The van der Waals surface area contributed by atoms with Crippen LogP contribution in [-0.2, 0) is 0 Å². The van der Waals surface area contributed by atoms with Crippen molar-refractivity contribution in [2.24, 2.45) is 0 Å². The van der Waals surface area contributed by atoms with Crippen molar-refractivity contribution in [3.05, 3.63) is 53.2 Å². The largest absolute Gasteiger partial charge is 0.488 e. The molecule has 1 aromatic heterocycles. The van der Waals surface area contributed by atoms with E-state index in [1.807, 2.05) is 0 Å². The van der Waals surface area contributed by atoms with Gasteiger partial charge in [0.25, 0.3) is 5.91 Å². The average Bonchev–Trinajstić information content (AvgIpc) is 2.46. The number of pyridine rings is 1. The number of aromatic nitrogens is 1. The van der Waals surface area contributed by atoms with Crippen LogP contribution in [0.25, 0.3) is 0 Å². The SMILES string of the molecule is O=C(c1ccccc1Cl)N1CCOc2cccnc21. The maximum absolute atomic E-state index is 12.5. The molecule has 0 saturated carbocycles. The fourth-order valence-corrected chi connectivity index (χ4v) is 2.24. The first-order valence-electron chi connectivity index (χ1n) is 5.91. The van der Waals surface area contributed by atoms with E-state index in [9.17, 15) is 4.79 Å². The number of benzene rings is 1. The fourth-order valence-electron chi connectivity index (χ4n) is 2.03. The van der Waals surface area contributed by atoms with E-state index in [1.54, 1.807) is 47.5 Å². The number of rotatable bonds is 1. The molecule has 0 atom stereocenters. The summed E-state index contributed by atoms with van der Waals surface area (Å²) in [5.74, 6) is 1.00. The van der Waals surface area contributed by atoms with Gasteiger partial charge < -0.3 is 4.74 Å². The zero-order chi connectivity index (χ0) is 13.2. The summed E-state index contributed by atoms with van der Waals surface area (Å²) in [5.41, 5.74) is 0.475. The summed E-state index contributed by atoms with van der Waals surface area (Å²) in [4.78, 5) is 18.3. The Bertz CT molecular complexity index is 630. The van der Waals surface area contributed by atoms with Crippen molar-refractivity contribution in [2.75, 3.05) is 18.1 Å². The number of carbonyl (C=O) groups is 1. The van der Waals surface area contributed by atoms with Gasteiger partial charge in [0.2, 0.25) is 0 Å². The Kier molecular flexibility index (Phi) is 3.09. The first-order valence-corrected chi connectivity index (χ1v) is 6.29. The van der Waals surface area contributed by atoms with Crippen LogP contribution in [-0.4, -0.2) is 24.0 Å². The van der Waals surface area contributed by atoms with E-state index in [4.69, 9.17) is 16.3 Å². The molecule has 0 spiro atoms. The van der Waals surface area contributed by atoms with E-state index in [-0.39, 0.29) is 5.91 Å². The quantitative estimate of drug-likeness (QED) is 0.803. The van der Waals surface area contributed by atoms with Gasteiger partial charge >= 0.3 is 0 Å². The van der Waals surface area contributed by atoms with Crippen molar-refractivity contribution in [2.45, 2.75) is 0 Å². The third-order valence-corrected chi connectivity index (χ3v) is 3.26. The van der Waals surface area contributed by atoms with Crippen molar-refractivity contribution in [1.82, 2.24) is 4.98 Å². The van der Waals surface area contributed by atoms with Crippen LogP contribution in [0.4, 0.5) is 5.82 Å². The lowest BCUT2D eigenvalue weighted by Crippen LogP contribution is -2.38. The van der Waals surface area contributed by atoms with Crippen molar-refractivity contribution in [1.29, 1.82) is 0 Å². The normalized spacial score (nSPS) is 13.6. The summed E-state index contributed by atoms with van der Waals surface area (Å²) in [6, 6.07) is 10.6. The smallest absolute Gasteiger partial charge is 0.261 e. The van der Waals surface area contributed by atoms with Gasteiger partial charge in [-0.2, -0.15) is 0 Å². The summed E-state index contributed by atoms with van der Waals surface area (Å²) in [7, 11) is 0. The predicted octanol–water partition coefficient (Wildman–Crippen LogP) is 2.77. The molecule has 3 rings (SSSR count). The third kappa shape index (κ3) is 2.15. The highest BCUT2D eigenvalue weighted by molar-refractivity contribution is 6.34. The van der Waals surface area contributed by atoms with E-state index in [1.165, 1.54) is 0 Å². The molecule has 1 amide bonds. The van der Waals surface area contributed by atoms with Crippen molar-refractivity contribution >= 4 is 23.3 Å². The average molecular weight is 275 g/mol. The molecule has 19 heavy (non-hydrogen) atoms. The first-order chi connectivity index (χ1) is 9.27. The van der Waals surface area contributed by atoms with Gasteiger partial charge in [-0.05, 0) is 24.3 Å². The van der Waals surface area contributed by atoms with Crippen LogP contribution in [0.3, 0.4) is 0 Å². The Hall–Kier alpha value is -2.07. The Morgan fingerprint density at radius 1 is 1.26 bits per heavy atom. The molecule has 2 aromatic rings. The van der Waals surface area contributed by atoms with Gasteiger partial charge in [0.15, 0.2) is 11.6 Å². The van der Waals surface area contributed by atoms with Gasteiger partial charge in [-0.1, -0.05) is 23.7 Å². The second kappa shape index (κ2) is 4.90. The highest BCUT2D eigenvalue weighted by atomic mass is 35.5. The zero-order valence-corrected chi connectivity index (χ0v) is 10.8. The Morgan fingerprint density at radius 3 is 2.95 bits per heavy atom. The highest BCUT2D eigenvalue weighted by Gasteiger charge is 2.26. The number of anilines is 1. The van der Waals surface area contributed by atoms with Gasteiger partial charge in [-0.15, -0.1) is 0 Å². The summed E-state index contributed by atoms with van der Waals surface area (Å²) in [5, 5.41) is 0.441. The lowest BCUT2D eigenvalue weighted by Gasteiger charge is -2.28. The Morgan fingerprint density at radius 2 is 2.11 bits per heavy atom. The van der Waals surface area contributed by atoms with Gasteiger partial charge in [0.1, 0.15) is 6.61 Å².